The average molecular weight is 276 g/mol. The van der Waals surface area contributed by atoms with Gasteiger partial charge in [-0.2, -0.15) is 0 Å². The zero-order chi connectivity index (χ0) is 14.7. The molecule has 1 heterocycles. The highest BCUT2D eigenvalue weighted by Crippen LogP contribution is 2.18. The van der Waals surface area contributed by atoms with E-state index in [1.54, 1.807) is 0 Å². The van der Waals surface area contributed by atoms with Crippen LogP contribution in [-0.4, -0.2) is 27.2 Å². The number of rotatable bonds is 4. The summed E-state index contributed by atoms with van der Waals surface area (Å²) < 4.78 is 13.5. The number of hydrogen-bond donors (Lipinski definition) is 3. The van der Waals surface area contributed by atoms with Crippen molar-refractivity contribution in [2.24, 2.45) is 5.73 Å². The van der Waals surface area contributed by atoms with Crippen molar-refractivity contribution in [3.8, 4) is 0 Å². The Hall–Kier alpha value is -3.03. The van der Waals surface area contributed by atoms with Crippen LogP contribution in [0.2, 0.25) is 0 Å². The van der Waals surface area contributed by atoms with Gasteiger partial charge in [0.25, 0.3) is 5.91 Å². The Balaban J connectivity index is 2.19. The van der Waals surface area contributed by atoms with E-state index in [0.29, 0.717) is 5.69 Å². The van der Waals surface area contributed by atoms with Gasteiger partial charge in [0, 0.05) is 5.69 Å². The van der Waals surface area contributed by atoms with Crippen molar-refractivity contribution in [2.75, 3.05) is 5.32 Å². The Morgan fingerprint density at radius 2 is 1.95 bits per heavy atom. The fourth-order valence-electron chi connectivity index (χ4n) is 1.44. The molecule has 0 fully saturated rings. The zero-order valence-electron chi connectivity index (χ0n) is 10.0. The number of carboxylic acids is 1. The topological polar surface area (TPSA) is 118 Å². The van der Waals surface area contributed by atoms with Crippen molar-refractivity contribution in [1.29, 1.82) is 0 Å². The minimum Gasteiger partial charge on any atom is -0.478 e. The van der Waals surface area contributed by atoms with Gasteiger partial charge in [-0.1, -0.05) is 0 Å². The second-order valence-electron chi connectivity index (χ2n) is 3.79. The lowest BCUT2D eigenvalue weighted by Crippen LogP contribution is -2.13. The van der Waals surface area contributed by atoms with E-state index in [1.165, 1.54) is 18.2 Å². The summed E-state index contributed by atoms with van der Waals surface area (Å²) in [4.78, 5) is 21.5. The van der Waals surface area contributed by atoms with Gasteiger partial charge in [-0.15, -0.1) is 10.2 Å². The highest BCUT2D eigenvalue weighted by Gasteiger charge is 2.10. The summed E-state index contributed by atoms with van der Waals surface area (Å²) in [6.07, 6.45) is 0. The Bertz CT molecular complexity index is 673. The Morgan fingerprint density at radius 1 is 1.20 bits per heavy atom. The van der Waals surface area contributed by atoms with Crippen molar-refractivity contribution in [2.45, 2.75) is 0 Å². The third kappa shape index (κ3) is 2.86. The molecule has 2 aromatic rings. The van der Waals surface area contributed by atoms with E-state index in [9.17, 15) is 14.0 Å². The van der Waals surface area contributed by atoms with Crippen LogP contribution in [0, 0.1) is 5.82 Å². The van der Waals surface area contributed by atoms with Gasteiger partial charge in [-0.3, -0.25) is 4.79 Å². The molecule has 1 aromatic heterocycles. The highest BCUT2D eigenvalue weighted by atomic mass is 19.1. The van der Waals surface area contributed by atoms with Crippen LogP contribution in [-0.2, 0) is 0 Å². The van der Waals surface area contributed by atoms with Crippen molar-refractivity contribution in [1.82, 2.24) is 10.2 Å². The molecule has 0 atom stereocenters. The first-order chi connectivity index (χ1) is 9.47. The first-order valence-corrected chi connectivity index (χ1v) is 5.41. The number of hydrogen-bond acceptors (Lipinski definition) is 5. The van der Waals surface area contributed by atoms with Gasteiger partial charge >= 0.3 is 5.97 Å². The number of nitrogens with two attached hydrogens (primary N) is 1. The molecule has 102 valence electrons. The number of carboxylic acid groups (broad SMARTS) is 1. The molecule has 0 radical (unpaired) electrons. The van der Waals surface area contributed by atoms with Gasteiger partial charge in [-0.25, -0.2) is 9.18 Å². The molecule has 0 aliphatic rings. The number of carbonyl (C=O) groups is 2. The van der Waals surface area contributed by atoms with Gasteiger partial charge < -0.3 is 16.2 Å². The Labute approximate surface area is 112 Å². The number of benzene rings is 1. The van der Waals surface area contributed by atoms with Crippen molar-refractivity contribution < 1.29 is 19.1 Å². The smallest absolute Gasteiger partial charge is 0.338 e. The molecular weight excluding hydrogens is 267 g/mol. The number of primary amides is 1. The summed E-state index contributed by atoms with van der Waals surface area (Å²) in [6, 6.07) is 6.34. The summed E-state index contributed by atoms with van der Waals surface area (Å²) >= 11 is 0. The van der Waals surface area contributed by atoms with E-state index >= 15 is 0 Å². The van der Waals surface area contributed by atoms with Gasteiger partial charge in [0.15, 0.2) is 11.5 Å². The van der Waals surface area contributed by atoms with Gasteiger partial charge in [0.2, 0.25) is 0 Å². The minimum atomic E-state index is -1.35. The monoisotopic (exact) mass is 276 g/mol. The van der Waals surface area contributed by atoms with Crippen LogP contribution in [0.1, 0.15) is 20.8 Å². The van der Waals surface area contributed by atoms with Crippen LogP contribution in [0.25, 0.3) is 0 Å². The number of nitrogens with one attached hydrogen (secondary N) is 1. The zero-order valence-corrected chi connectivity index (χ0v) is 10.0. The second-order valence-corrected chi connectivity index (χ2v) is 3.79. The maximum absolute atomic E-state index is 13.5. The van der Waals surface area contributed by atoms with Crippen LogP contribution in [0.5, 0.6) is 0 Å². The molecule has 2 rings (SSSR count). The maximum Gasteiger partial charge on any atom is 0.338 e. The number of carbonyl (C=O) groups excluding carboxylic acids is 1. The van der Waals surface area contributed by atoms with E-state index in [4.69, 9.17) is 10.8 Å². The summed E-state index contributed by atoms with van der Waals surface area (Å²) in [5, 5.41) is 18.7. The molecule has 8 heteroatoms. The lowest BCUT2D eigenvalue weighted by atomic mass is 10.2. The molecule has 0 spiro atoms. The van der Waals surface area contributed by atoms with Crippen LogP contribution in [0.15, 0.2) is 30.3 Å². The maximum atomic E-state index is 13.5. The van der Waals surface area contributed by atoms with Crippen LogP contribution in [0.4, 0.5) is 15.9 Å². The summed E-state index contributed by atoms with van der Waals surface area (Å²) in [5.41, 5.74) is 4.89. The number of halogens is 1. The van der Waals surface area contributed by atoms with Crippen LogP contribution < -0.4 is 11.1 Å². The molecule has 0 aliphatic carbocycles. The van der Waals surface area contributed by atoms with E-state index in [0.717, 1.165) is 12.1 Å². The molecule has 1 amide bonds. The Kier molecular flexibility index (Phi) is 3.56. The SMILES string of the molecule is NC(=O)c1ccc(Nc2ccc(C(=O)O)c(F)c2)nn1. The molecule has 0 aliphatic heterocycles. The molecule has 1 aromatic carbocycles. The predicted molar refractivity (Wildman–Crippen MR) is 67.2 cm³/mol. The summed E-state index contributed by atoms with van der Waals surface area (Å²) in [7, 11) is 0. The van der Waals surface area contributed by atoms with Crippen LogP contribution >= 0.6 is 0 Å². The van der Waals surface area contributed by atoms with E-state index in [1.807, 2.05) is 0 Å². The first kappa shape index (κ1) is 13.4. The summed E-state index contributed by atoms with van der Waals surface area (Å²) in [5.74, 6) is -2.66. The molecule has 20 heavy (non-hydrogen) atoms. The minimum absolute atomic E-state index is 0.00274. The predicted octanol–water partition coefficient (Wildman–Crippen LogP) is 1.16. The molecule has 0 bridgehead atoms. The number of anilines is 2. The fraction of sp³-hybridized carbons (Fsp3) is 0. The lowest BCUT2D eigenvalue weighted by molar-refractivity contribution is 0.0691. The lowest BCUT2D eigenvalue weighted by Gasteiger charge is -2.06. The molecule has 7 nitrogen and oxygen atoms in total. The van der Waals surface area contributed by atoms with Gasteiger partial charge in [0.1, 0.15) is 5.82 Å². The third-order valence-electron chi connectivity index (χ3n) is 2.39. The quantitative estimate of drug-likeness (QED) is 0.771. The number of aromatic nitrogens is 2. The van der Waals surface area contributed by atoms with Crippen LogP contribution in [0.3, 0.4) is 0 Å². The normalized spacial score (nSPS) is 10.1. The number of aromatic carboxylic acids is 1. The average Bonchev–Trinajstić information content (AvgIpc) is 2.39. The second kappa shape index (κ2) is 5.31. The first-order valence-electron chi connectivity index (χ1n) is 5.41. The summed E-state index contributed by atoms with van der Waals surface area (Å²) in [6.45, 7) is 0. The van der Waals surface area contributed by atoms with E-state index in [-0.39, 0.29) is 11.5 Å². The van der Waals surface area contributed by atoms with Crippen molar-refractivity contribution >= 4 is 23.4 Å². The van der Waals surface area contributed by atoms with Gasteiger partial charge in [0.05, 0.1) is 5.56 Å². The van der Waals surface area contributed by atoms with E-state index in [2.05, 4.69) is 15.5 Å². The van der Waals surface area contributed by atoms with Crippen molar-refractivity contribution in [3.05, 3.63) is 47.4 Å². The highest BCUT2D eigenvalue weighted by molar-refractivity contribution is 5.90. The number of nitrogens with zero attached hydrogens (tertiary/aromatic N) is 2. The van der Waals surface area contributed by atoms with Gasteiger partial charge in [-0.05, 0) is 30.3 Å². The third-order valence-corrected chi connectivity index (χ3v) is 2.39. The largest absolute Gasteiger partial charge is 0.478 e. The molecule has 4 N–H and O–H groups in total. The fourth-order valence-corrected chi connectivity index (χ4v) is 1.44. The van der Waals surface area contributed by atoms with Crippen molar-refractivity contribution in [3.63, 3.8) is 0 Å². The molecular formula is C12H9FN4O3. The molecule has 0 unspecified atom stereocenters. The molecule has 0 saturated heterocycles. The Morgan fingerprint density at radius 3 is 2.45 bits per heavy atom. The standard InChI is InChI=1S/C12H9FN4O3/c13-8-5-6(1-2-7(8)12(19)20)15-10-4-3-9(11(14)18)16-17-10/h1-5H,(H2,14,18)(H,15,17)(H,19,20). The van der Waals surface area contributed by atoms with E-state index < -0.39 is 23.3 Å². The molecule has 0 saturated carbocycles. The number of amides is 1.